The molecular formula is C13H15NO4. The average molecular weight is 249 g/mol. The lowest BCUT2D eigenvalue weighted by molar-refractivity contribution is -0.140. The smallest absolute Gasteiger partial charge is 0.411 e. The maximum atomic E-state index is 11.7. The predicted molar refractivity (Wildman–Crippen MR) is 63.7 cm³/mol. The molecule has 18 heavy (non-hydrogen) atoms. The monoisotopic (exact) mass is 249 g/mol. The maximum absolute atomic E-state index is 11.7. The van der Waals surface area contributed by atoms with Crippen molar-refractivity contribution >= 4 is 12.1 Å². The molecule has 1 aromatic carbocycles. The zero-order chi connectivity index (χ0) is 13.1. The van der Waals surface area contributed by atoms with Gasteiger partial charge in [0.05, 0.1) is 13.2 Å². The molecule has 0 aromatic heterocycles. The van der Waals surface area contributed by atoms with Crippen molar-refractivity contribution in [2.24, 2.45) is 0 Å². The van der Waals surface area contributed by atoms with Crippen LogP contribution < -0.4 is 0 Å². The number of amides is 1. The zero-order valence-electron chi connectivity index (χ0n) is 10.3. The molecule has 2 atom stereocenters. The van der Waals surface area contributed by atoms with Gasteiger partial charge in [0.1, 0.15) is 6.61 Å². The summed E-state index contributed by atoms with van der Waals surface area (Å²) in [5, 5.41) is 0. The van der Waals surface area contributed by atoms with Crippen LogP contribution in [0.3, 0.4) is 0 Å². The molecule has 0 bridgehead atoms. The van der Waals surface area contributed by atoms with E-state index >= 15 is 0 Å². The van der Waals surface area contributed by atoms with Crippen molar-refractivity contribution in [2.75, 3.05) is 7.11 Å². The minimum atomic E-state index is -0.502. The Morgan fingerprint density at radius 3 is 2.56 bits per heavy atom. The van der Waals surface area contributed by atoms with Crippen LogP contribution in [0.2, 0.25) is 0 Å². The minimum Gasteiger partial charge on any atom is -0.467 e. The van der Waals surface area contributed by atoms with Gasteiger partial charge >= 0.3 is 12.1 Å². The summed E-state index contributed by atoms with van der Waals surface area (Å²) >= 11 is 0. The fourth-order valence-corrected chi connectivity index (χ4v) is 1.85. The molecule has 0 aliphatic carbocycles. The number of nitrogens with zero attached hydrogens (tertiary/aromatic N) is 1. The van der Waals surface area contributed by atoms with E-state index in [0.29, 0.717) is 0 Å². The number of carbonyl (C=O) groups excluding carboxylic acids is 2. The molecule has 1 heterocycles. The topological polar surface area (TPSA) is 55.6 Å². The van der Waals surface area contributed by atoms with Crippen LogP contribution in [0.1, 0.15) is 12.5 Å². The average Bonchev–Trinajstić information content (AvgIpc) is 3.08. The van der Waals surface area contributed by atoms with E-state index in [0.717, 1.165) is 5.56 Å². The molecule has 1 aliphatic heterocycles. The molecule has 1 saturated heterocycles. The standard InChI is InChI=1S/C13H15NO4/c1-9-11(12(15)17-2)14(9)13(16)18-8-10-6-4-3-5-7-10/h3-7,9,11H,8H2,1-2H3. The Morgan fingerprint density at radius 1 is 1.28 bits per heavy atom. The van der Waals surface area contributed by atoms with Crippen molar-refractivity contribution in [1.29, 1.82) is 0 Å². The number of ether oxygens (including phenoxy) is 2. The summed E-state index contributed by atoms with van der Waals surface area (Å²) in [4.78, 5) is 24.4. The lowest BCUT2D eigenvalue weighted by Crippen LogP contribution is -2.20. The van der Waals surface area contributed by atoms with Gasteiger partial charge in [0.15, 0.2) is 6.04 Å². The molecule has 0 spiro atoms. The van der Waals surface area contributed by atoms with Gasteiger partial charge in [-0.15, -0.1) is 0 Å². The Bertz CT molecular complexity index is 446. The van der Waals surface area contributed by atoms with Crippen LogP contribution in [-0.4, -0.2) is 36.2 Å². The van der Waals surface area contributed by atoms with E-state index in [4.69, 9.17) is 4.74 Å². The summed E-state index contributed by atoms with van der Waals surface area (Å²) in [7, 11) is 1.31. The van der Waals surface area contributed by atoms with E-state index in [-0.39, 0.29) is 12.6 Å². The van der Waals surface area contributed by atoms with Gasteiger partial charge in [-0.3, -0.25) is 4.90 Å². The van der Waals surface area contributed by atoms with Gasteiger partial charge in [-0.1, -0.05) is 30.3 Å². The van der Waals surface area contributed by atoms with E-state index in [1.165, 1.54) is 12.0 Å². The third-order valence-corrected chi connectivity index (χ3v) is 2.96. The number of hydrogen-bond donors (Lipinski definition) is 0. The lowest BCUT2D eigenvalue weighted by atomic mass is 10.2. The van der Waals surface area contributed by atoms with Crippen LogP contribution in [0.15, 0.2) is 30.3 Å². The van der Waals surface area contributed by atoms with E-state index in [9.17, 15) is 9.59 Å². The molecule has 5 nitrogen and oxygen atoms in total. The van der Waals surface area contributed by atoms with Gasteiger partial charge in [0.2, 0.25) is 0 Å². The SMILES string of the molecule is COC(=O)C1C(C)N1C(=O)OCc1ccccc1. The highest BCUT2D eigenvalue weighted by Gasteiger charge is 2.54. The molecule has 1 aliphatic rings. The molecule has 0 saturated carbocycles. The highest BCUT2D eigenvalue weighted by Crippen LogP contribution is 2.29. The highest BCUT2D eigenvalue weighted by atomic mass is 16.6. The molecule has 2 unspecified atom stereocenters. The van der Waals surface area contributed by atoms with E-state index in [1.807, 2.05) is 30.3 Å². The normalized spacial score (nSPS) is 21.3. The second kappa shape index (κ2) is 5.08. The second-order valence-corrected chi connectivity index (χ2v) is 4.16. The minimum absolute atomic E-state index is 0.152. The number of carbonyl (C=O) groups is 2. The molecule has 0 radical (unpaired) electrons. The maximum Gasteiger partial charge on any atom is 0.411 e. The Morgan fingerprint density at radius 2 is 1.94 bits per heavy atom. The lowest BCUT2D eigenvalue weighted by Gasteiger charge is -2.06. The number of rotatable bonds is 3. The summed E-state index contributed by atoms with van der Waals surface area (Å²) in [6, 6.07) is 8.73. The molecule has 0 N–H and O–H groups in total. The summed E-state index contributed by atoms with van der Waals surface area (Å²) in [5.74, 6) is -0.404. The van der Waals surface area contributed by atoms with Crippen LogP contribution in [0.5, 0.6) is 0 Å². The van der Waals surface area contributed by atoms with Crippen molar-refractivity contribution in [3.8, 4) is 0 Å². The van der Waals surface area contributed by atoms with Gasteiger partial charge in [-0.05, 0) is 12.5 Å². The Kier molecular flexibility index (Phi) is 3.50. The summed E-state index contributed by atoms with van der Waals surface area (Å²) in [6.07, 6.45) is -0.484. The molecule has 96 valence electrons. The van der Waals surface area contributed by atoms with Gasteiger partial charge in [0.25, 0.3) is 0 Å². The molecule has 5 heteroatoms. The van der Waals surface area contributed by atoms with Gasteiger partial charge in [-0.25, -0.2) is 9.59 Å². The van der Waals surface area contributed by atoms with Crippen molar-refractivity contribution in [2.45, 2.75) is 25.6 Å². The predicted octanol–water partition coefficient (Wildman–Crippen LogP) is 1.57. The first-order chi connectivity index (χ1) is 8.65. The molecule has 1 amide bonds. The molecular weight excluding hydrogens is 234 g/mol. The summed E-state index contributed by atoms with van der Waals surface area (Å²) in [5.41, 5.74) is 0.912. The summed E-state index contributed by atoms with van der Waals surface area (Å²) < 4.78 is 9.73. The quantitative estimate of drug-likeness (QED) is 0.602. The van der Waals surface area contributed by atoms with Crippen molar-refractivity contribution in [3.63, 3.8) is 0 Å². The van der Waals surface area contributed by atoms with Crippen LogP contribution in [0.4, 0.5) is 4.79 Å². The Labute approximate surface area is 105 Å². The van der Waals surface area contributed by atoms with E-state index < -0.39 is 18.1 Å². The molecule has 1 fully saturated rings. The second-order valence-electron chi connectivity index (χ2n) is 4.16. The fraction of sp³-hybridized carbons (Fsp3) is 0.385. The first-order valence-electron chi connectivity index (χ1n) is 5.72. The van der Waals surface area contributed by atoms with Crippen LogP contribution in [0, 0.1) is 0 Å². The van der Waals surface area contributed by atoms with Crippen molar-refractivity contribution in [1.82, 2.24) is 4.90 Å². The fourth-order valence-electron chi connectivity index (χ4n) is 1.85. The van der Waals surface area contributed by atoms with Crippen LogP contribution in [0.25, 0.3) is 0 Å². The van der Waals surface area contributed by atoms with Crippen molar-refractivity contribution in [3.05, 3.63) is 35.9 Å². The third-order valence-electron chi connectivity index (χ3n) is 2.96. The summed E-state index contributed by atoms with van der Waals surface area (Å²) in [6.45, 7) is 1.99. The first-order valence-corrected chi connectivity index (χ1v) is 5.72. The highest BCUT2D eigenvalue weighted by molar-refractivity contribution is 5.88. The Balaban J connectivity index is 1.85. The number of esters is 1. The first kappa shape index (κ1) is 12.4. The van der Waals surface area contributed by atoms with Gasteiger partial charge < -0.3 is 9.47 Å². The van der Waals surface area contributed by atoms with E-state index in [1.54, 1.807) is 6.92 Å². The van der Waals surface area contributed by atoms with Gasteiger partial charge in [-0.2, -0.15) is 0 Å². The largest absolute Gasteiger partial charge is 0.467 e. The van der Waals surface area contributed by atoms with Gasteiger partial charge in [0, 0.05) is 0 Å². The Hall–Kier alpha value is -2.04. The van der Waals surface area contributed by atoms with Crippen LogP contribution in [-0.2, 0) is 20.9 Å². The number of hydrogen-bond acceptors (Lipinski definition) is 4. The molecule has 1 aromatic rings. The zero-order valence-corrected chi connectivity index (χ0v) is 10.3. The third kappa shape index (κ3) is 2.45. The van der Waals surface area contributed by atoms with Crippen LogP contribution >= 0.6 is 0 Å². The van der Waals surface area contributed by atoms with E-state index in [2.05, 4.69) is 4.74 Å². The number of benzene rings is 1. The molecule has 2 rings (SSSR count). The number of methoxy groups -OCH3 is 1. The van der Waals surface area contributed by atoms with Crippen molar-refractivity contribution < 1.29 is 19.1 Å².